The van der Waals surface area contributed by atoms with Crippen LogP contribution in [0.15, 0.2) is 52.3 Å². The minimum absolute atomic E-state index is 0.0681. The van der Waals surface area contributed by atoms with Gasteiger partial charge in [0.2, 0.25) is 20.0 Å². The van der Waals surface area contributed by atoms with Crippen LogP contribution in [0.25, 0.3) is 0 Å². The maximum Gasteiger partial charge on any atom is 0.243 e. The number of hydrogen-bond acceptors (Lipinski definition) is 5. The number of nitrogens with zero attached hydrogens (tertiary/aromatic N) is 1. The molecule has 1 saturated heterocycles. The summed E-state index contributed by atoms with van der Waals surface area (Å²) in [5.41, 5.74) is 1.42. The van der Waals surface area contributed by atoms with Gasteiger partial charge in [0, 0.05) is 19.6 Å². The highest BCUT2D eigenvalue weighted by molar-refractivity contribution is 7.89. The average Bonchev–Trinajstić information content (AvgIpc) is 3.24. The molecule has 1 aliphatic heterocycles. The summed E-state index contributed by atoms with van der Waals surface area (Å²) in [7, 11) is -7.17. The van der Waals surface area contributed by atoms with Crippen LogP contribution in [-0.4, -0.2) is 40.8 Å². The Kier molecular flexibility index (Phi) is 6.62. The molecular weight excluding hydrogens is 412 g/mol. The van der Waals surface area contributed by atoms with Crippen molar-refractivity contribution in [3.63, 3.8) is 0 Å². The average molecular weight is 439 g/mol. The maximum atomic E-state index is 12.6. The summed E-state index contributed by atoms with van der Waals surface area (Å²) >= 11 is 0. The molecule has 158 valence electrons. The van der Waals surface area contributed by atoms with Crippen molar-refractivity contribution in [2.24, 2.45) is 0 Å². The molecular formula is C20H26N2O5S2. The Labute approximate surface area is 172 Å². The van der Waals surface area contributed by atoms with E-state index in [0.717, 1.165) is 18.4 Å². The van der Waals surface area contributed by atoms with E-state index in [1.54, 1.807) is 31.2 Å². The second kappa shape index (κ2) is 8.83. The van der Waals surface area contributed by atoms with Gasteiger partial charge in [-0.2, -0.15) is 4.31 Å². The van der Waals surface area contributed by atoms with E-state index in [9.17, 15) is 16.8 Å². The van der Waals surface area contributed by atoms with Crippen molar-refractivity contribution < 1.29 is 21.6 Å². The molecule has 0 bridgehead atoms. The van der Waals surface area contributed by atoms with Crippen molar-refractivity contribution in [2.45, 2.75) is 43.0 Å². The molecule has 1 N–H and O–H groups in total. The molecule has 0 radical (unpaired) electrons. The summed E-state index contributed by atoms with van der Waals surface area (Å²) in [4.78, 5) is 0.389. The lowest BCUT2D eigenvalue weighted by molar-refractivity contribution is 0.337. The van der Waals surface area contributed by atoms with Gasteiger partial charge in [-0.3, -0.25) is 0 Å². The number of nitrogens with one attached hydrogen (secondary N) is 1. The van der Waals surface area contributed by atoms with E-state index in [2.05, 4.69) is 4.72 Å². The summed E-state index contributed by atoms with van der Waals surface area (Å²) < 4.78 is 59.7. The first kappa shape index (κ1) is 21.8. The standard InChI is InChI=1S/C20H26N2O5S2/c1-3-27-20-11-10-19(14-16(20)2)28(23,24)21-15-17-6-8-18(9-7-17)29(25,26)22-12-4-5-13-22/h6-11,14,21H,3-5,12-13,15H2,1-2H3. The van der Waals surface area contributed by atoms with Gasteiger partial charge in [0.15, 0.2) is 0 Å². The number of sulfonamides is 2. The van der Waals surface area contributed by atoms with Crippen LogP contribution in [0.3, 0.4) is 0 Å². The Bertz CT molecular complexity index is 1060. The largest absolute Gasteiger partial charge is 0.494 e. The quantitative estimate of drug-likeness (QED) is 0.684. The zero-order valence-electron chi connectivity index (χ0n) is 16.6. The van der Waals surface area contributed by atoms with Gasteiger partial charge in [0.25, 0.3) is 0 Å². The van der Waals surface area contributed by atoms with Crippen molar-refractivity contribution >= 4 is 20.0 Å². The lowest BCUT2D eigenvalue weighted by Gasteiger charge is -2.15. The molecule has 0 amide bonds. The molecule has 1 heterocycles. The normalized spacial score (nSPS) is 15.5. The molecule has 0 saturated carbocycles. The Morgan fingerprint density at radius 1 is 0.966 bits per heavy atom. The van der Waals surface area contributed by atoms with Crippen LogP contribution in [0, 0.1) is 6.92 Å². The second-order valence-electron chi connectivity index (χ2n) is 6.94. The van der Waals surface area contributed by atoms with Crippen molar-refractivity contribution in [3.8, 4) is 5.75 Å². The fraction of sp³-hybridized carbons (Fsp3) is 0.400. The highest BCUT2D eigenvalue weighted by Gasteiger charge is 2.27. The predicted molar refractivity (Wildman–Crippen MR) is 111 cm³/mol. The minimum Gasteiger partial charge on any atom is -0.494 e. The van der Waals surface area contributed by atoms with Gasteiger partial charge in [-0.15, -0.1) is 0 Å². The molecule has 0 aliphatic carbocycles. The summed E-state index contributed by atoms with van der Waals surface area (Å²) in [6, 6.07) is 11.0. The van der Waals surface area contributed by atoms with Crippen LogP contribution in [0.4, 0.5) is 0 Å². The third-order valence-corrected chi connectivity index (χ3v) is 8.16. The van der Waals surface area contributed by atoms with Gasteiger partial charge in [-0.1, -0.05) is 12.1 Å². The molecule has 1 aliphatic rings. The number of benzene rings is 2. The van der Waals surface area contributed by atoms with Crippen LogP contribution in [0.1, 0.15) is 30.9 Å². The van der Waals surface area contributed by atoms with E-state index < -0.39 is 20.0 Å². The predicted octanol–water partition coefficient (Wildman–Crippen LogP) is 2.66. The zero-order valence-corrected chi connectivity index (χ0v) is 18.2. The summed E-state index contributed by atoms with van der Waals surface area (Å²) in [5, 5.41) is 0. The van der Waals surface area contributed by atoms with Gasteiger partial charge in [-0.25, -0.2) is 21.6 Å². The number of hydrogen-bond donors (Lipinski definition) is 1. The first-order valence-electron chi connectivity index (χ1n) is 9.56. The molecule has 0 atom stereocenters. The molecule has 3 rings (SSSR count). The van der Waals surface area contributed by atoms with Crippen molar-refractivity contribution in [1.29, 1.82) is 0 Å². The summed E-state index contributed by atoms with van der Waals surface area (Å²) in [6.07, 6.45) is 1.76. The molecule has 0 aromatic heterocycles. The van der Waals surface area contributed by atoms with Crippen LogP contribution in [0.2, 0.25) is 0 Å². The van der Waals surface area contributed by atoms with E-state index in [4.69, 9.17) is 4.74 Å². The minimum atomic E-state index is -3.70. The monoisotopic (exact) mass is 438 g/mol. The summed E-state index contributed by atoms with van der Waals surface area (Å²) in [5.74, 6) is 0.654. The number of rotatable bonds is 8. The fourth-order valence-electron chi connectivity index (χ4n) is 3.22. The van der Waals surface area contributed by atoms with Crippen LogP contribution in [-0.2, 0) is 26.6 Å². The van der Waals surface area contributed by atoms with Crippen LogP contribution in [0.5, 0.6) is 5.75 Å². The Balaban J connectivity index is 1.68. The van der Waals surface area contributed by atoms with Crippen LogP contribution >= 0.6 is 0 Å². The SMILES string of the molecule is CCOc1ccc(S(=O)(=O)NCc2ccc(S(=O)(=O)N3CCCC3)cc2)cc1C. The summed E-state index contributed by atoms with van der Waals surface area (Å²) in [6.45, 7) is 5.33. The lowest BCUT2D eigenvalue weighted by Crippen LogP contribution is -2.28. The Morgan fingerprint density at radius 2 is 1.59 bits per heavy atom. The molecule has 2 aromatic rings. The first-order chi connectivity index (χ1) is 13.7. The second-order valence-corrected chi connectivity index (χ2v) is 10.6. The van der Waals surface area contributed by atoms with E-state index >= 15 is 0 Å². The fourth-order valence-corrected chi connectivity index (χ4v) is 5.84. The van der Waals surface area contributed by atoms with E-state index in [1.165, 1.54) is 22.5 Å². The lowest BCUT2D eigenvalue weighted by atomic mass is 10.2. The van der Waals surface area contributed by atoms with Gasteiger partial charge < -0.3 is 4.74 Å². The molecule has 7 nitrogen and oxygen atoms in total. The molecule has 0 unspecified atom stereocenters. The maximum absolute atomic E-state index is 12.6. The number of aryl methyl sites for hydroxylation is 1. The van der Waals surface area contributed by atoms with Gasteiger partial charge >= 0.3 is 0 Å². The third-order valence-electron chi connectivity index (χ3n) is 4.85. The van der Waals surface area contributed by atoms with E-state index in [-0.39, 0.29) is 16.3 Å². The van der Waals surface area contributed by atoms with Gasteiger partial charge in [0.1, 0.15) is 5.75 Å². The van der Waals surface area contributed by atoms with Gasteiger partial charge in [-0.05, 0) is 68.1 Å². The Hall–Kier alpha value is -1.94. The van der Waals surface area contributed by atoms with Crippen molar-refractivity contribution in [2.75, 3.05) is 19.7 Å². The van der Waals surface area contributed by atoms with Crippen molar-refractivity contribution in [1.82, 2.24) is 9.03 Å². The Morgan fingerprint density at radius 3 is 2.17 bits per heavy atom. The molecule has 1 fully saturated rings. The highest BCUT2D eigenvalue weighted by Crippen LogP contribution is 2.23. The topological polar surface area (TPSA) is 92.8 Å². The first-order valence-corrected chi connectivity index (χ1v) is 12.5. The van der Waals surface area contributed by atoms with Crippen LogP contribution < -0.4 is 9.46 Å². The van der Waals surface area contributed by atoms with E-state index in [0.29, 0.717) is 31.0 Å². The smallest absolute Gasteiger partial charge is 0.243 e. The molecule has 29 heavy (non-hydrogen) atoms. The molecule has 0 spiro atoms. The van der Waals surface area contributed by atoms with Gasteiger partial charge in [0.05, 0.1) is 16.4 Å². The number of ether oxygens (including phenoxy) is 1. The third kappa shape index (κ3) is 4.98. The molecule has 9 heteroatoms. The van der Waals surface area contributed by atoms with E-state index in [1.807, 2.05) is 6.92 Å². The zero-order chi connectivity index (χ0) is 21.1. The highest BCUT2D eigenvalue weighted by atomic mass is 32.2. The van der Waals surface area contributed by atoms with Crippen molar-refractivity contribution in [3.05, 3.63) is 53.6 Å². The molecule has 2 aromatic carbocycles.